The molecule has 0 atom stereocenters. The van der Waals surface area contributed by atoms with Crippen LogP contribution in [0.25, 0.3) is 5.69 Å². The van der Waals surface area contributed by atoms with Crippen LogP contribution in [-0.4, -0.2) is 62.8 Å². The van der Waals surface area contributed by atoms with E-state index in [0.29, 0.717) is 36.9 Å². The van der Waals surface area contributed by atoms with E-state index in [0.717, 1.165) is 6.07 Å². The van der Waals surface area contributed by atoms with E-state index in [4.69, 9.17) is 23.2 Å². The normalized spacial score (nSPS) is 14.1. The maximum Gasteiger partial charge on any atom is 0.276 e. The third-order valence-corrected chi connectivity index (χ3v) is 5.46. The Morgan fingerprint density at radius 2 is 1.57 bits per heavy atom. The van der Waals surface area contributed by atoms with E-state index in [9.17, 15) is 14.0 Å². The summed E-state index contributed by atoms with van der Waals surface area (Å²) >= 11 is 12.1. The average molecular weight is 448 g/mol. The van der Waals surface area contributed by atoms with Crippen LogP contribution in [0.5, 0.6) is 0 Å². The van der Waals surface area contributed by atoms with Gasteiger partial charge in [-0.1, -0.05) is 40.5 Å². The number of amides is 2. The molecule has 1 aliphatic heterocycles. The quantitative estimate of drug-likeness (QED) is 0.617. The number of rotatable bonds is 3. The average Bonchev–Trinajstić information content (AvgIpc) is 3.23. The van der Waals surface area contributed by atoms with Gasteiger partial charge in [-0.3, -0.25) is 9.59 Å². The molecule has 3 aromatic rings. The van der Waals surface area contributed by atoms with Crippen molar-refractivity contribution in [3.05, 3.63) is 75.8 Å². The zero-order valence-corrected chi connectivity index (χ0v) is 17.1. The molecule has 10 heteroatoms. The van der Waals surface area contributed by atoms with Crippen LogP contribution < -0.4 is 0 Å². The Hall–Kier alpha value is -2.97. The molecule has 2 aromatic carbocycles. The van der Waals surface area contributed by atoms with Gasteiger partial charge in [-0.25, -0.2) is 9.07 Å². The Labute approximate surface area is 181 Å². The van der Waals surface area contributed by atoms with Crippen molar-refractivity contribution in [2.45, 2.75) is 0 Å². The van der Waals surface area contributed by atoms with Gasteiger partial charge in [-0.05, 0) is 30.3 Å². The molecule has 1 fully saturated rings. The Kier molecular flexibility index (Phi) is 5.69. The summed E-state index contributed by atoms with van der Waals surface area (Å²) in [7, 11) is 0. The monoisotopic (exact) mass is 447 g/mol. The summed E-state index contributed by atoms with van der Waals surface area (Å²) in [4.78, 5) is 28.6. The largest absolute Gasteiger partial charge is 0.335 e. The summed E-state index contributed by atoms with van der Waals surface area (Å²) in [6.45, 7) is 1.33. The highest BCUT2D eigenvalue weighted by molar-refractivity contribution is 6.33. The molecular formula is C20H16Cl2FN5O2. The summed E-state index contributed by atoms with van der Waals surface area (Å²) in [5, 5.41) is 8.51. The van der Waals surface area contributed by atoms with Gasteiger partial charge in [0, 0.05) is 26.2 Å². The third kappa shape index (κ3) is 4.01. The van der Waals surface area contributed by atoms with E-state index >= 15 is 0 Å². The van der Waals surface area contributed by atoms with E-state index < -0.39 is 5.82 Å². The first-order chi connectivity index (χ1) is 14.4. The molecule has 0 aliphatic carbocycles. The molecule has 1 aromatic heterocycles. The van der Waals surface area contributed by atoms with Gasteiger partial charge in [-0.2, -0.15) is 0 Å². The summed E-state index contributed by atoms with van der Waals surface area (Å²) in [5.41, 5.74) is 1.05. The van der Waals surface area contributed by atoms with Crippen LogP contribution >= 0.6 is 23.2 Å². The number of carbonyl (C=O) groups excluding carboxylic acids is 2. The maximum absolute atomic E-state index is 13.2. The molecule has 154 valence electrons. The molecule has 2 heterocycles. The van der Waals surface area contributed by atoms with Gasteiger partial charge in [0.2, 0.25) is 0 Å². The van der Waals surface area contributed by atoms with Crippen LogP contribution in [0.3, 0.4) is 0 Å². The molecule has 0 N–H and O–H groups in total. The third-order valence-electron chi connectivity index (χ3n) is 4.83. The number of benzene rings is 2. The van der Waals surface area contributed by atoms with E-state index in [2.05, 4.69) is 10.3 Å². The summed E-state index contributed by atoms with van der Waals surface area (Å²) in [6.07, 6.45) is 1.53. The first-order valence-corrected chi connectivity index (χ1v) is 9.90. The second-order valence-corrected chi connectivity index (χ2v) is 7.52. The van der Waals surface area contributed by atoms with Crippen molar-refractivity contribution < 1.29 is 14.0 Å². The molecule has 1 aliphatic rings. The van der Waals surface area contributed by atoms with Crippen LogP contribution in [0, 0.1) is 5.82 Å². The van der Waals surface area contributed by atoms with Gasteiger partial charge in [0.05, 0.1) is 27.5 Å². The highest BCUT2D eigenvalue weighted by Gasteiger charge is 2.28. The van der Waals surface area contributed by atoms with E-state index in [-0.39, 0.29) is 28.1 Å². The number of hydrogen-bond acceptors (Lipinski definition) is 4. The molecule has 0 bridgehead atoms. The van der Waals surface area contributed by atoms with E-state index in [1.807, 2.05) is 6.07 Å². The molecule has 0 radical (unpaired) electrons. The smallest absolute Gasteiger partial charge is 0.276 e. The zero-order chi connectivity index (χ0) is 21.3. The number of para-hydroxylation sites is 1. The molecule has 0 saturated carbocycles. The summed E-state index contributed by atoms with van der Waals surface area (Å²) < 4.78 is 14.7. The van der Waals surface area contributed by atoms with Gasteiger partial charge in [0.25, 0.3) is 11.8 Å². The Balaban J connectivity index is 1.41. The topological polar surface area (TPSA) is 71.3 Å². The highest BCUT2D eigenvalue weighted by Crippen LogP contribution is 2.21. The molecule has 0 spiro atoms. The van der Waals surface area contributed by atoms with Crippen molar-refractivity contribution in [1.29, 1.82) is 0 Å². The first-order valence-electron chi connectivity index (χ1n) is 9.15. The highest BCUT2D eigenvalue weighted by atomic mass is 35.5. The second kappa shape index (κ2) is 8.41. The zero-order valence-electron chi connectivity index (χ0n) is 15.6. The SMILES string of the molecule is O=C(c1cn(-c2ccccc2Cl)nn1)N1CCN(C(=O)c2ccc(F)cc2Cl)CC1. The lowest BCUT2D eigenvalue weighted by Gasteiger charge is -2.34. The van der Waals surface area contributed by atoms with E-state index in [1.54, 1.807) is 28.0 Å². The first kappa shape index (κ1) is 20.3. The Morgan fingerprint density at radius 3 is 2.23 bits per heavy atom. The number of hydrogen-bond donors (Lipinski definition) is 0. The van der Waals surface area contributed by atoms with Crippen LogP contribution in [0.4, 0.5) is 4.39 Å². The Bertz CT molecular complexity index is 1110. The van der Waals surface area contributed by atoms with Crippen molar-refractivity contribution in [3.8, 4) is 5.69 Å². The fraction of sp³-hybridized carbons (Fsp3) is 0.200. The van der Waals surface area contributed by atoms with Gasteiger partial charge >= 0.3 is 0 Å². The standard InChI is InChI=1S/C20H16Cl2FN5O2/c21-15-3-1-2-4-18(15)28-12-17(24-25-28)20(30)27-9-7-26(8-10-27)19(29)14-6-5-13(23)11-16(14)22/h1-6,11-12H,7-10H2. The number of nitrogens with zero attached hydrogens (tertiary/aromatic N) is 5. The number of aromatic nitrogens is 3. The van der Waals surface area contributed by atoms with E-state index in [1.165, 1.54) is 23.0 Å². The van der Waals surface area contributed by atoms with Crippen LogP contribution in [0.15, 0.2) is 48.7 Å². The number of carbonyl (C=O) groups is 2. The van der Waals surface area contributed by atoms with Crippen LogP contribution in [0.2, 0.25) is 10.0 Å². The van der Waals surface area contributed by atoms with Crippen molar-refractivity contribution in [2.75, 3.05) is 26.2 Å². The van der Waals surface area contributed by atoms with Crippen LogP contribution in [-0.2, 0) is 0 Å². The minimum Gasteiger partial charge on any atom is -0.335 e. The maximum atomic E-state index is 13.2. The second-order valence-electron chi connectivity index (χ2n) is 6.71. The predicted molar refractivity (Wildman–Crippen MR) is 110 cm³/mol. The molecule has 7 nitrogen and oxygen atoms in total. The van der Waals surface area contributed by atoms with Gasteiger partial charge in [0.1, 0.15) is 5.82 Å². The van der Waals surface area contributed by atoms with Crippen molar-refractivity contribution in [1.82, 2.24) is 24.8 Å². The molecule has 2 amide bonds. The fourth-order valence-electron chi connectivity index (χ4n) is 3.22. The number of halogens is 3. The predicted octanol–water partition coefficient (Wildman–Crippen LogP) is 3.31. The lowest BCUT2D eigenvalue weighted by Crippen LogP contribution is -2.50. The van der Waals surface area contributed by atoms with Gasteiger partial charge < -0.3 is 9.80 Å². The van der Waals surface area contributed by atoms with Gasteiger partial charge in [-0.15, -0.1) is 5.10 Å². The lowest BCUT2D eigenvalue weighted by molar-refractivity contribution is 0.0532. The van der Waals surface area contributed by atoms with Crippen molar-refractivity contribution >= 4 is 35.0 Å². The molecule has 30 heavy (non-hydrogen) atoms. The molecular weight excluding hydrogens is 432 g/mol. The number of piperazine rings is 1. The summed E-state index contributed by atoms with van der Waals surface area (Å²) in [5.74, 6) is -1.08. The molecule has 0 unspecified atom stereocenters. The molecule has 1 saturated heterocycles. The fourth-order valence-corrected chi connectivity index (χ4v) is 3.70. The lowest BCUT2D eigenvalue weighted by atomic mass is 10.1. The molecule has 4 rings (SSSR count). The van der Waals surface area contributed by atoms with Crippen molar-refractivity contribution in [2.24, 2.45) is 0 Å². The van der Waals surface area contributed by atoms with Gasteiger partial charge in [0.15, 0.2) is 5.69 Å². The van der Waals surface area contributed by atoms with Crippen LogP contribution in [0.1, 0.15) is 20.8 Å². The summed E-state index contributed by atoms with van der Waals surface area (Å²) in [6, 6.07) is 10.8. The minimum absolute atomic E-state index is 0.0645. The Morgan fingerprint density at radius 1 is 0.900 bits per heavy atom. The van der Waals surface area contributed by atoms with Crippen molar-refractivity contribution in [3.63, 3.8) is 0 Å². The minimum atomic E-state index is -0.503.